The summed E-state index contributed by atoms with van der Waals surface area (Å²) in [5, 5.41) is 0. The zero-order valence-electron chi connectivity index (χ0n) is 15.6. The molecule has 2 rings (SSSR count). The highest BCUT2D eigenvalue weighted by atomic mass is 32.2. The molecule has 0 unspecified atom stereocenters. The fraction of sp³-hybridized carbons (Fsp3) is 0.632. The van der Waals surface area contributed by atoms with Gasteiger partial charge in [-0.3, -0.25) is 4.79 Å². The van der Waals surface area contributed by atoms with Crippen LogP contribution >= 0.6 is 0 Å². The molecule has 1 fully saturated rings. The third-order valence-electron chi connectivity index (χ3n) is 5.04. The molecule has 1 aliphatic rings. The summed E-state index contributed by atoms with van der Waals surface area (Å²) in [5.74, 6) is -0.134. The summed E-state index contributed by atoms with van der Waals surface area (Å²) in [6, 6.07) is 6.49. The molecule has 1 aliphatic carbocycles. The third-order valence-corrected chi connectivity index (χ3v) is 6.95. The molecule has 0 aromatic heterocycles. The number of hydrogen-bond donors (Lipinski definition) is 0. The van der Waals surface area contributed by atoms with E-state index in [-0.39, 0.29) is 16.8 Å². The van der Waals surface area contributed by atoms with Crippen molar-refractivity contribution in [2.24, 2.45) is 0 Å². The Hall–Kier alpha value is -1.40. The van der Waals surface area contributed by atoms with Crippen LogP contribution in [0.15, 0.2) is 29.2 Å². The van der Waals surface area contributed by atoms with E-state index in [1.54, 1.807) is 37.2 Å². The first-order valence-corrected chi connectivity index (χ1v) is 10.7. The number of rotatable bonds is 7. The minimum Gasteiger partial charge on any atom is -0.342 e. The van der Waals surface area contributed by atoms with Crippen LogP contribution in [0.4, 0.5) is 0 Å². The van der Waals surface area contributed by atoms with Gasteiger partial charge >= 0.3 is 0 Å². The van der Waals surface area contributed by atoms with Crippen molar-refractivity contribution in [2.75, 3.05) is 20.6 Å². The maximum Gasteiger partial charge on any atom is 0.253 e. The number of benzene rings is 1. The Labute approximate surface area is 152 Å². The number of hydrogen-bond acceptors (Lipinski definition) is 3. The molecule has 25 heavy (non-hydrogen) atoms. The highest BCUT2D eigenvalue weighted by Crippen LogP contribution is 2.26. The third kappa shape index (κ3) is 4.82. The lowest BCUT2D eigenvalue weighted by molar-refractivity contribution is 0.0793. The van der Waals surface area contributed by atoms with Gasteiger partial charge in [0.15, 0.2) is 0 Å². The Bertz CT molecular complexity index is 682. The van der Waals surface area contributed by atoms with Gasteiger partial charge in [0, 0.05) is 32.2 Å². The van der Waals surface area contributed by atoms with Crippen LogP contribution in [-0.4, -0.2) is 50.2 Å². The second kappa shape index (κ2) is 8.81. The van der Waals surface area contributed by atoms with Crippen LogP contribution in [-0.2, 0) is 10.0 Å². The molecule has 5 nitrogen and oxygen atoms in total. The van der Waals surface area contributed by atoms with E-state index in [0.29, 0.717) is 12.1 Å². The van der Waals surface area contributed by atoms with Gasteiger partial charge in [-0.1, -0.05) is 38.7 Å². The molecule has 0 heterocycles. The highest BCUT2D eigenvalue weighted by molar-refractivity contribution is 7.89. The Morgan fingerprint density at radius 1 is 1.16 bits per heavy atom. The van der Waals surface area contributed by atoms with E-state index in [4.69, 9.17) is 0 Å². The van der Waals surface area contributed by atoms with E-state index in [2.05, 4.69) is 6.92 Å². The lowest BCUT2D eigenvalue weighted by Gasteiger charge is -2.30. The van der Waals surface area contributed by atoms with Crippen molar-refractivity contribution >= 4 is 15.9 Å². The van der Waals surface area contributed by atoms with Gasteiger partial charge in [-0.05, 0) is 37.5 Å². The molecule has 0 radical (unpaired) electrons. The molecular formula is C19H30N2O3S. The van der Waals surface area contributed by atoms with Gasteiger partial charge < -0.3 is 4.90 Å². The minimum atomic E-state index is -3.57. The Morgan fingerprint density at radius 2 is 1.84 bits per heavy atom. The van der Waals surface area contributed by atoms with Gasteiger partial charge in [0.2, 0.25) is 10.0 Å². The van der Waals surface area contributed by atoms with Gasteiger partial charge in [-0.15, -0.1) is 0 Å². The average Bonchev–Trinajstić information content (AvgIpc) is 2.65. The summed E-state index contributed by atoms with van der Waals surface area (Å²) in [5.41, 5.74) is 0.428. The number of carbonyl (C=O) groups is 1. The highest BCUT2D eigenvalue weighted by Gasteiger charge is 2.29. The minimum absolute atomic E-state index is 0.0605. The average molecular weight is 367 g/mol. The van der Waals surface area contributed by atoms with E-state index in [1.165, 1.54) is 16.8 Å². The molecule has 0 spiro atoms. The Balaban J connectivity index is 2.20. The number of carbonyl (C=O) groups excluding carboxylic acids is 1. The zero-order chi connectivity index (χ0) is 18.4. The van der Waals surface area contributed by atoms with Gasteiger partial charge in [0.1, 0.15) is 0 Å². The first-order chi connectivity index (χ1) is 11.9. The molecule has 0 saturated heterocycles. The second-order valence-electron chi connectivity index (χ2n) is 6.92. The first kappa shape index (κ1) is 19.9. The summed E-state index contributed by atoms with van der Waals surface area (Å²) in [6.07, 6.45) is 7.10. The number of unbranched alkanes of at least 4 members (excludes halogenated alkanes) is 1. The van der Waals surface area contributed by atoms with Crippen molar-refractivity contribution in [2.45, 2.75) is 62.8 Å². The van der Waals surface area contributed by atoms with Crippen LogP contribution in [0, 0.1) is 0 Å². The molecule has 1 aromatic carbocycles. The van der Waals surface area contributed by atoms with Gasteiger partial charge in [0.25, 0.3) is 5.91 Å². The number of sulfonamides is 1. The van der Waals surface area contributed by atoms with Crippen molar-refractivity contribution in [1.82, 2.24) is 9.21 Å². The maximum atomic E-state index is 12.9. The molecule has 0 atom stereocenters. The Kier molecular flexibility index (Phi) is 7.02. The van der Waals surface area contributed by atoms with Crippen molar-refractivity contribution in [3.8, 4) is 0 Å². The molecule has 6 heteroatoms. The van der Waals surface area contributed by atoms with Gasteiger partial charge in [-0.2, -0.15) is 4.31 Å². The summed E-state index contributed by atoms with van der Waals surface area (Å²) < 4.78 is 27.4. The number of amides is 1. The molecule has 1 aromatic rings. The quantitative estimate of drug-likeness (QED) is 0.742. The topological polar surface area (TPSA) is 57.7 Å². The lowest BCUT2D eigenvalue weighted by atomic mass is 9.96. The van der Waals surface area contributed by atoms with E-state index >= 15 is 0 Å². The standard InChI is InChI=1S/C19H30N2O3S/c1-4-5-14-20(2)19(22)16-10-9-13-18(15-16)25(23,24)21(3)17-11-7-6-8-12-17/h9-10,13,15,17H,4-8,11-12,14H2,1-3H3. The molecule has 1 saturated carbocycles. The molecule has 0 bridgehead atoms. The molecule has 140 valence electrons. The maximum absolute atomic E-state index is 12.9. The van der Waals surface area contributed by atoms with Crippen LogP contribution < -0.4 is 0 Å². The molecule has 0 N–H and O–H groups in total. The monoisotopic (exact) mass is 366 g/mol. The summed E-state index contributed by atoms with van der Waals surface area (Å²) in [6.45, 7) is 2.75. The SMILES string of the molecule is CCCCN(C)C(=O)c1cccc(S(=O)(=O)N(C)C2CCCCC2)c1. The van der Waals surface area contributed by atoms with E-state index in [9.17, 15) is 13.2 Å². The van der Waals surface area contributed by atoms with Crippen molar-refractivity contribution < 1.29 is 13.2 Å². The number of nitrogens with zero attached hydrogens (tertiary/aromatic N) is 2. The second-order valence-corrected chi connectivity index (χ2v) is 8.92. The van der Waals surface area contributed by atoms with Crippen LogP contribution in [0.1, 0.15) is 62.2 Å². The van der Waals surface area contributed by atoms with E-state index in [0.717, 1.165) is 38.5 Å². The zero-order valence-corrected chi connectivity index (χ0v) is 16.4. The predicted octanol–water partition coefficient (Wildman–Crippen LogP) is 3.51. The summed E-state index contributed by atoms with van der Waals surface area (Å²) in [7, 11) is -0.158. The fourth-order valence-corrected chi connectivity index (χ4v) is 4.78. The van der Waals surface area contributed by atoms with Crippen LogP contribution in [0.5, 0.6) is 0 Å². The molecule has 1 amide bonds. The molecular weight excluding hydrogens is 336 g/mol. The lowest BCUT2D eigenvalue weighted by Crippen LogP contribution is -2.38. The van der Waals surface area contributed by atoms with E-state index < -0.39 is 10.0 Å². The summed E-state index contributed by atoms with van der Waals surface area (Å²) in [4.78, 5) is 14.4. The Morgan fingerprint density at radius 3 is 2.48 bits per heavy atom. The van der Waals surface area contributed by atoms with Gasteiger partial charge in [-0.25, -0.2) is 8.42 Å². The van der Waals surface area contributed by atoms with Crippen molar-refractivity contribution in [1.29, 1.82) is 0 Å². The van der Waals surface area contributed by atoms with Crippen LogP contribution in [0.2, 0.25) is 0 Å². The normalized spacial score (nSPS) is 16.2. The first-order valence-electron chi connectivity index (χ1n) is 9.21. The molecule has 0 aliphatic heterocycles. The van der Waals surface area contributed by atoms with Crippen LogP contribution in [0.25, 0.3) is 0 Å². The van der Waals surface area contributed by atoms with Crippen LogP contribution in [0.3, 0.4) is 0 Å². The summed E-state index contributed by atoms with van der Waals surface area (Å²) >= 11 is 0. The van der Waals surface area contributed by atoms with Crippen molar-refractivity contribution in [3.63, 3.8) is 0 Å². The smallest absolute Gasteiger partial charge is 0.253 e. The largest absolute Gasteiger partial charge is 0.342 e. The predicted molar refractivity (Wildman–Crippen MR) is 100 cm³/mol. The van der Waals surface area contributed by atoms with E-state index in [1.807, 2.05) is 0 Å². The van der Waals surface area contributed by atoms with Gasteiger partial charge in [0.05, 0.1) is 4.90 Å². The fourth-order valence-electron chi connectivity index (χ4n) is 3.31. The van der Waals surface area contributed by atoms with Crippen molar-refractivity contribution in [3.05, 3.63) is 29.8 Å².